The second kappa shape index (κ2) is 12.2. The zero-order valence-corrected chi connectivity index (χ0v) is 19.3. The van der Waals surface area contributed by atoms with E-state index in [1.807, 2.05) is 32.0 Å². The van der Waals surface area contributed by atoms with Crippen molar-refractivity contribution in [1.29, 1.82) is 0 Å². The van der Waals surface area contributed by atoms with E-state index in [2.05, 4.69) is 36.4 Å². The Balaban J connectivity index is 0.00000625. The molecule has 0 amide bonds. The molecule has 0 saturated heterocycles. The minimum Gasteiger partial charge on any atom is -0.493 e. The molecule has 1 rings (SSSR count). The van der Waals surface area contributed by atoms with Crippen LogP contribution in [0.2, 0.25) is 0 Å². The quantitative estimate of drug-likeness (QED) is 0.333. The summed E-state index contributed by atoms with van der Waals surface area (Å²) in [4.78, 5) is 4.66. The van der Waals surface area contributed by atoms with Crippen LogP contribution in [0.15, 0.2) is 23.2 Å². The van der Waals surface area contributed by atoms with Crippen LogP contribution in [0, 0.1) is 5.41 Å². The first-order chi connectivity index (χ1) is 11.8. The van der Waals surface area contributed by atoms with Crippen molar-refractivity contribution in [2.75, 3.05) is 39.2 Å². The van der Waals surface area contributed by atoms with Gasteiger partial charge in [0.05, 0.1) is 26.4 Å². The summed E-state index contributed by atoms with van der Waals surface area (Å²) in [5.74, 6) is 2.12. The third kappa shape index (κ3) is 7.99. The Kier molecular flexibility index (Phi) is 11.6. The monoisotopic (exact) mass is 479 g/mol. The highest BCUT2D eigenvalue weighted by atomic mass is 127. The minimum absolute atomic E-state index is 0. The molecule has 2 N–H and O–H groups in total. The average molecular weight is 479 g/mol. The van der Waals surface area contributed by atoms with Gasteiger partial charge >= 0.3 is 0 Å². The van der Waals surface area contributed by atoms with Crippen LogP contribution >= 0.6 is 24.0 Å². The lowest BCUT2D eigenvalue weighted by atomic mass is 9.89. The number of hydrogen-bond acceptors (Lipinski definition) is 4. The maximum absolute atomic E-state index is 5.57. The fourth-order valence-corrected chi connectivity index (χ4v) is 2.34. The molecule has 0 heterocycles. The Hall–Kier alpha value is -1.22. The molecule has 0 aromatic heterocycles. The molecule has 6 nitrogen and oxygen atoms in total. The van der Waals surface area contributed by atoms with E-state index in [1.165, 1.54) is 0 Å². The number of nitrogens with zero attached hydrogens (tertiary/aromatic N) is 1. The van der Waals surface area contributed by atoms with Crippen molar-refractivity contribution in [3.8, 4) is 11.5 Å². The molecule has 7 heteroatoms. The van der Waals surface area contributed by atoms with Gasteiger partial charge in [-0.2, -0.15) is 0 Å². The number of benzene rings is 1. The van der Waals surface area contributed by atoms with E-state index in [0.717, 1.165) is 18.0 Å². The molecule has 0 radical (unpaired) electrons. The van der Waals surface area contributed by atoms with Gasteiger partial charge in [0.15, 0.2) is 17.5 Å². The molecule has 0 aliphatic heterocycles. The molecular weight excluding hydrogens is 445 g/mol. The summed E-state index contributed by atoms with van der Waals surface area (Å²) >= 11 is 0. The number of rotatable bonds is 8. The van der Waals surface area contributed by atoms with Crippen LogP contribution in [0.5, 0.6) is 11.5 Å². The highest BCUT2D eigenvalue weighted by molar-refractivity contribution is 14.0. The van der Waals surface area contributed by atoms with E-state index in [0.29, 0.717) is 24.9 Å². The van der Waals surface area contributed by atoms with Crippen molar-refractivity contribution in [3.05, 3.63) is 18.2 Å². The van der Waals surface area contributed by atoms with Crippen LogP contribution in [0.3, 0.4) is 0 Å². The summed E-state index contributed by atoms with van der Waals surface area (Å²) in [5, 5.41) is 6.55. The van der Waals surface area contributed by atoms with E-state index in [4.69, 9.17) is 14.2 Å². The van der Waals surface area contributed by atoms with Crippen LogP contribution in [0.4, 0.5) is 5.69 Å². The van der Waals surface area contributed by atoms with Gasteiger partial charge in [-0.3, -0.25) is 4.99 Å². The molecule has 1 aromatic carbocycles. The highest BCUT2D eigenvalue weighted by Gasteiger charge is 2.24. The SMILES string of the molecule is CCNC(=NCC(OC)C(C)(C)C)Nc1ccc(OCC)c(OC)c1.I. The summed E-state index contributed by atoms with van der Waals surface area (Å²) in [6.45, 7) is 12.4. The van der Waals surface area contributed by atoms with Crippen molar-refractivity contribution in [3.63, 3.8) is 0 Å². The van der Waals surface area contributed by atoms with Crippen molar-refractivity contribution < 1.29 is 14.2 Å². The molecule has 150 valence electrons. The van der Waals surface area contributed by atoms with Gasteiger partial charge in [0.2, 0.25) is 0 Å². The largest absolute Gasteiger partial charge is 0.493 e. The summed E-state index contributed by atoms with van der Waals surface area (Å²) in [5.41, 5.74) is 0.905. The fourth-order valence-electron chi connectivity index (χ4n) is 2.34. The first kappa shape index (κ1) is 24.8. The van der Waals surface area contributed by atoms with Crippen LogP contribution in [-0.4, -0.2) is 46.0 Å². The summed E-state index contributed by atoms with van der Waals surface area (Å²) in [6, 6.07) is 5.73. The highest BCUT2D eigenvalue weighted by Crippen LogP contribution is 2.30. The van der Waals surface area contributed by atoms with Crippen LogP contribution < -0.4 is 20.1 Å². The summed E-state index contributed by atoms with van der Waals surface area (Å²) in [6.07, 6.45) is 0.0397. The Bertz CT molecular complexity index is 559. The van der Waals surface area contributed by atoms with Gasteiger partial charge < -0.3 is 24.8 Å². The Morgan fingerprint density at radius 3 is 2.35 bits per heavy atom. The molecule has 1 atom stereocenters. The predicted octanol–water partition coefficient (Wildman–Crippen LogP) is 4.15. The molecule has 26 heavy (non-hydrogen) atoms. The molecule has 0 bridgehead atoms. The number of nitrogens with one attached hydrogen (secondary N) is 2. The van der Waals surface area contributed by atoms with Gasteiger partial charge in [-0.1, -0.05) is 20.8 Å². The Morgan fingerprint density at radius 2 is 1.85 bits per heavy atom. The minimum atomic E-state index is 0. The third-order valence-corrected chi connectivity index (χ3v) is 3.74. The second-order valence-corrected chi connectivity index (χ2v) is 6.73. The molecule has 1 unspecified atom stereocenters. The third-order valence-electron chi connectivity index (χ3n) is 3.74. The molecule has 0 aliphatic rings. The van der Waals surface area contributed by atoms with Crippen molar-refractivity contribution >= 4 is 35.6 Å². The smallest absolute Gasteiger partial charge is 0.195 e. The standard InChI is InChI=1S/C19H33N3O3.HI/c1-8-20-18(21-13-17(24-7)19(3,4)5)22-14-10-11-15(25-9-2)16(12-14)23-6;/h10-12,17H,8-9,13H2,1-7H3,(H2,20,21,22);1H. The van der Waals surface area contributed by atoms with Gasteiger partial charge in [-0.25, -0.2) is 0 Å². The zero-order valence-electron chi connectivity index (χ0n) is 17.0. The van der Waals surface area contributed by atoms with Crippen molar-refractivity contribution in [2.24, 2.45) is 10.4 Å². The zero-order chi connectivity index (χ0) is 18.9. The Morgan fingerprint density at radius 1 is 1.15 bits per heavy atom. The maximum atomic E-state index is 5.57. The molecule has 0 fully saturated rings. The second-order valence-electron chi connectivity index (χ2n) is 6.73. The van der Waals surface area contributed by atoms with E-state index >= 15 is 0 Å². The first-order valence-electron chi connectivity index (χ1n) is 8.74. The van der Waals surface area contributed by atoms with Crippen LogP contribution in [0.1, 0.15) is 34.6 Å². The molecule has 0 saturated carbocycles. The average Bonchev–Trinajstić information content (AvgIpc) is 2.55. The fraction of sp³-hybridized carbons (Fsp3) is 0.632. The lowest BCUT2D eigenvalue weighted by molar-refractivity contribution is 0.0241. The van der Waals surface area contributed by atoms with E-state index < -0.39 is 0 Å². The number of guanidine groups is 1. The molecule has 1 aromatic rings. The lowest BCUT2D eigenvalue weighted by Crippen LogP contribution is -2.35. The van der Waals surface area contributed by atoms with Gasteiger partial charge in [0.1, 0.15) is 0 Å². The number of aliphatic imine (C=N–C) groups is 1. The van der Waals surface area contributed by atoms with E-state index in [9.17, 15) is 0 Å². The van der Waals surface area contributed by atoms with Crippen LogP contribution in [0.25, 0.3) is 0 Å². The normalized spacial score (nSPS) is 12.8. The summed E-state index contributed by atoms with van der Waals surface area (Å²) in [7, 11) is 3.36. The number of anilines is 1. The number of hydrogen-bond donors (Lipinski definition) is 2. The van der Waals surface area contributed by atoms with Gasteiger partial charge in [0.25, 0.3) is 0 Å². The number of halogens is 1. The predicted molar refractivity (Wildman–Crippen MR) is 119 cm³/mol. The van der Waals surface area contributed by atoms with Gasteiger partial charge in [-0.05, 0) is 31.4 Å². The first-order valence-corrected chi connectivity index (χ1v) is 8.74. The van der Waals surface area contributed by atoms with Gasteiger partial charge in [-0.15, -0.1) is 24.0 Å². The topological polar surface area (TPSA) is 64.1 Å². The molecular formula is C19H34IN3O3. The van der Waals surface area contributed by atoms with Gasteiger partial charge in [0, 0.05) is 25.4 Å². The van der Waals surface area contributed by atoms with E-state index in [1.54, 1.807) is 14.2 Å². The van der Waals surface area contributed by atoms with E-state index in [-0.39, 0.29) is 35.5 Å². The van der Waals surface area contributed by atoms with Crippen molar-refractivity contribution in [2.45, 2.75) is 40.7 Å². The molecule has 0 aliphatic carbocycles. The lowest BCUT2D eigenvalue weighted by Gasteiger charge is -2.28. The number of methoxy groups -OCH3 is 2. The Labute approximate surface area is 175 Å². The maximum Gasteiger partial charge on any atom is 0.195 e. The molecule has 0 spiro atoms. The van der Waals surface area contributed by atoms with Crippen LogP contribution in [-0.2, 0) is 4.74 Å². The van der Waals surface area contributed by atoms with Crippen molar-refractivity contribution in [1.82, 2.24) is 5.32 Å². The summed E-state index contributed by atoms with van der Waals surface area (Å²) < 4.78 is 16.5. The number of ether oxygens (including phenoxy) is 3.